The van der Waals surface area contributed by atoms with Gasteiger partial charge in [0.15, 0.2) is 0 Å². The lowest BCUT2D eigenvalue weighted by Crippen LogP contribution is -2.55. The monoisotopic (exact) mass is 565 g/mol. The van der Waals surface area contributed by atoms with Crippen LogP contribution in [0.3, 0.4) is 0 Å². The average Bonchev–Trinajstić information content (AvgIpc) is 3.43. The second-order valence-electron chi connectivity index (χ2n) is 11.7. The van der Waals surface area contributed by atoms with Crippen LogP contribution in [0.1, 0.15) is 36.1 Å². The molecule has 42 heavy (non-hydrogen) atoms. The number of rotatable bonds is 7. The molecule has 1 aromatic heterocycles. The number of anilines is 2. The molecule has 0 spiro atoms. The van der Waals surface area contributed by atoms with Crippen LogP contribution < -0.4 is 14.5 Å². The van der Waals surface area contributed by atoms with E-state index in [0.29, 0.717) is 44.8 Å². The summed E-state index contributed by atoms with van der Waals surface area (Å²) in [4.78, 5) is 31.2. The molecule has 4 heterocycles. The maximum atomic E-state index is 12.5. The molecule has 9 heteroatoms. The van der Waals surface area contributed by atoms with Gasteiger partial charge in [-0.3, -0.25) is 4.79 Å². The summed E-state index contributed by atoms with van der Waals surface area (Å²) in [7, 11) is 2.14. The third kappa shape index (κ3) is 5.51. The van der Waals surface area contributed by atoms with Crippen molar-refractivity contribution >= 4 is 28.2 Å². The minimum atomic E-state index is -0.226. The van der Waals surface area contributed by atoms with E-state index in [0.717, 1.165) is 43.0 Å². The highest BCUT2D eigenvalue weighted by atomic mass is 16.5. The van der Waals surface area contributed by atoms with Crippen molar-refractivity contribution in [3.63, 3.8) is 0 Å². The molecular formula is C33H39N7O2. The van der Waals surface area contributed by atoms with Gasteiger partial charge in [-0.2, -0.15) is 15.2 Å². The quantitative estimate of drug-likeness (QED) is 0.396. The van der Waals surface area contributed by atoms with Crippen LogP contribution in [0.25, 0.3) is 10.8 Å². The first-order valence-corrected chi connectivity index (χ1v) is 15.0. The molecule has 0 N–H and O–H groups in total. The molecule has 0 radical (unpaired) electrons. The Morgan fingerprint density at radius 3 is 2.81 bits per heavy atom. The number of carbonyl (C=O) groups excluding carboxylic acids is 1. The third-order valence-electron chi connectivity index (χ3n) is 9.02. The summed E-state index contributed by atoms with van der Waals surface area (Å²) in [5.74, 6) is 0.738. The van der Waals surface area contributed by atoms with Crippen molar-refractivity contribution in [1.29, 1.82) is 5.26 Å². The standard InChI is InChI=1S/C33H39N7O2/c1-4-31(41)40-18-17-39(20-25(40)12-14-34)32-27-13-16-38(30-9-5-7-24-11-10-23(2)19-28(24)30)21-29(27)35-33(36-32)42-22-26-8-6-15-37(26)3/h4-5,7,9-11,19,25-26H,1,6,8,12-13,15-18,20-22H2,2-3H3. The maximum Gasteiger partial charge on any atom is 0.318 e. The average molecular weight is 566 g/mol. The van der Waals surface area contributed by atoms with Crippen LogP contribution in [0.4, 0.5) is 11.5 Å². The number of carbonyl (C=O) groups is 1. The lowest BCUT2D eigenvalue weighted by atomic mass is 10.0. The van der Waals surface area contributed by atoms with Crippen LogP contribution in [0.2, 0.25) is 0 Å². The van der Waals surface area contributed by atoms with Gasteiger partial charge < -0.3 is 24.3 Å². The first kappa shape index (κ1) is 28.0. The number of likely N-dealkylation sites (tertiary alicyclic amines) is 1. The summed E-state index contributed by atoms with van der Waals surface area (Å²) >= 11 is 0. The molecule has 3 aliphatic heterocycles. The number of aryl methyl sites for hydroxylation is 1. The van der Waals surface area contributed by atoms with Crippen LogP contribution in [-0.2, 0) is 17.8 Å². The van der Waals surface area contributed by atoms with Crippen LogP contribution in [-0.4, -0.2) is 84.1 Å². The molecule has 218 valence electrons. The molecule has 9 nitrogen and oxygen atoms in total. The van der Waals surface area contributed by atoms with Gasteiger partial charge in [-0.05, 0) is 63.4 Å². The second kappa shape index (κ2) is 12.0. The van der Waals surface area contributed by atoms with Crippen molar-refractivity contribution in [1.82, 2.24) is 19.8 Å². The number of likely N-dealkylation sites (N-methyl/N-ethyl adjacent to an activating group) is 1. The lowest BCUT2D eigenvalue weighted by molar-refractivity contribution is -0.128. The van der Waals surface area contributed by atoms with Crippen molar-refractivity contribution < 1.29 is 9.53 Å². The van der Waals surface area contributed by atoms with E-state index in [9.17, 15) is 10.1 Å². The summed E-state index contributed by atoms with van der Waals surface area (Å²) in [5.41, 5.74) is 4.56. The molecule has 1 amide bonds. The number of ether oxygens (including phenoxy) is 1. The van der Waals surface area contributed by atoms with Crippen molar-refractivity contribution in [3.05, 3.63) is 65.9 Å². The van der Waals surface area contributed by atoms with E-state index >= 15 is 0 Å². The molecule has 0 aliphatic carbocycles. The van der Waals surface area contributed by atoms with Crippen LogP contribution >= 0.6 is 0 Å². The van der Waals surface area contributed by atoms with Crippen LogP contribution in [0.5, 0.6) is 6.01 Å². The number of hydrogen-bond donors (Lipinski definition) is 0. The van der Waals surface area contributed by atoms with Gasteiger partial charge in [0.25, 0.3) is 0 Å². The summed E-state index contributed by atoms with van der Waals surface area (Å²) in [6.07, 6.45) is 4.68. The summed E-state index contributed by atoms with van der Waals surface area (Å²) < 4.78 is 6.30. The molecule has 3 aliphatic rings. The third-order valence-corrected chi connectivity index (χ3v) is 9.02. The zero-order valence-corrected chi connectivity index (χ0v) is 24.6. The fourth-order valence-electron chi connectivity index (χ4n) is 6.66. The van der Waals surface area contributed by atoms with Gasteiger partial charge in [0.2, 0.25) is 5.91 Å². The molecule has 2 unspecified atom stereocenters. The van der Waals surface area contributed by atoms with Gasteiger partial charge in [0.1, 0.15) is 12.4 Å². The van der Waals surface area contributed by atoms with Crippen molar-refractivity contribution in [3.8, 4) is 12.1 Å². The first-order valence-electron chi connectivity index (χ1n) is 15.0. The minimum Gasteiger partial charge on any atom is -0.462 e. The highest BCUT2D eigenvalue weighted by Crippen LogP contribution is 2.35. The van der Waals surface area contributed by atoms with Gasteiger partial charge in [0.05, 0.1) is 30.8 Å². The molecule has 2 atom stereocenters. The molecule has 2 fully saturated rings. The maximum absolute atomic E-state index is 12.5. The van der Waals surface area contributed by atoms with Crippen molar-refractivity contribution in [2.45, 2.75) is 51.2 Å². The van der Waals surface area contributed by atoms with Gasteiger partial charge >= 0.3 is 6.01 Å². The zero-order chi connectivity index (χ0) is 29.2. The number of nitriles is 1. The Morgan fingerprint density at radius 2 is 2.02 bits per heavy atom. The number of benzene rings is 2. The number of nitrogens with zero attached hydrogens (tertiary/aromatic N) is 7. The molecule has 6 rings (SSSR count). The fraction of sp³-hybridized carbons (Fsp3) is 0.455. The molecule has 2 saturated heterocycles. The predicted molar refractivity (Wildman–Crippen MR) is 165 cm³/mol. The van der Waals surface area contributed by atoms with E-state index in [1.807, 2.05) is 0 Å². The van der Waals surface area contributed by atoms with Gasteiger partial charge in [-0.25, -0.2) is 0 Å². The summed E-state index contributed by atoms with van der Waals surface area (Å²) in [5, 5.41) is 12.0. The minimum absolute atomic E-state index is 0.134. The topological polar surface area (TPSA) is 88.8 Å². The zero-order valence-electron chi connectivity index (χ0n) is 24.6. The Balaban J connectivity index is 1.33. The summed E-state index contributed by atoms with van der Waals surface area (Å²) in [6.45, 7) is 10.6. The van der Waals surface area contributed by atoms with E-state index in [4.69, 9.17) is 14.7 Å². The normalized spacial score (nSPS) is 20.8. The highest BCUT2D eigenvalue weighted by Gasteiger charge is 2.33. The van der Waals surface area contributed by atoms with Crippen LogP contribution in [0, 0.1) is 18.3 Å². The van der Waals surface area contributed by atoms with Gasteiger partial charge in [-0.1, -0.05) is 36.4 Å². The molecule has 0 saturated carbocycles. The Labute approximate surface area is 248 Å². The molecule has 0 bridgehead atoms. The van der Waals surface area contributed by atoms with E-state index in [2.05, 4.69) is 77.7 Å². The van der Waals surface area contributed by atoms with Crippen LogP contribution in [0.15, 0.2) is 49.1 Å². The lowest BCUT2D eigenvalue weighted by Gasteiger charge is -2.42. The highest BCUT2D eigenvalue weighted by molar-refractivity contribution is 5.95. The molecule has 2 aromatic carbocycles. The van der Waals surface area contributed by atoms with Gasteiger partial charge in [-0.15, -0.1) is 0 Å². The first-order chi connectivity index (χ1) is 20.4. The van der Waals surface area contributed by atoms with Crippen molar-refractivity contribution in [2.24, 2.45) is 0 Å². The van der Waals surface area contributed by atoms with E-state index in [1.165, 1.54) is 34.5 Å². The van der Waals surface area contributed by atoms with Gasteiger partial charge in [0, 0.05) is 48.9 Å². The Hall–Kier alpha value is -4.16. The Kier molecular flexibility index (Phi) is 7.98. The predicted octanol–water partition coefficient (Wildman–Crippen LogP) is 4.09. The second-order valence-corrected chi connectivity index (χ2v) is 11.7. The number of fused-ring (bicyclic) bond motifs is 2. The number of aromatic nitrogens is 2. The summed E-state index contributed by atoms with van der Waals surface area (Å²) in [6, 6.07) is 15.9. The number of hydrogen-bond acceptors (Lipinski definition) is 8. The Bertz CT molecular complexity index is 1530. The molecule has 3 aromatic rings. The van der Waals surface area contributed by atoms with E-state index in [-0.39, 0.29) is 18.4 Å². The number of piperazine rings is 1. The van der Waals surface area contributed by atoms with E-state index < -0.39 is 0 Å². The smallest absolute Gasteiger partial charge is 0.318 e. The molecular weight excluding hydrogens is 526 g/mol. The Morgan fingerprint density at radius 1 is 1.14 bits per heavy atom. The largest absolute Gasteiger partial charge is 0.462 e. The van der Waals surface area contributed by atoms with E-state index in [1.54, 1.807) is 4.90 Å². The fourth-order valence-corrected chi connectivity index (χ4v) is 6.66. The van der Waals surface area contributed by atoms with Crippen molar-refractivity contribution in [2.75, 3.05) is 56.2 Å². The number of amides is 1. The SMILES string of the molecule is C=CC(=O)N1CCN(c2nc(OCC3CCCN3C)nc3c2CCN(c2cccc4ccc(C)cc24)C3)CC1CC#N.